The van der Waals surface area contributed by atoms with E-state index in [0.29, 0.717) is 6.04 Å². The van der Waals surface area contributed by atoms with Gasteiger partial charge in [0.25, 0.3) is 0 Å². The number of hydrogen-bond donors (Lipinski definition) is 2. The van der Waals surface area contributed by atoms with Gasteiger partial charge in [-0.1, -0.05) is 31.4 Å². The predicted molar refractivity (Wildman–Crippen MR) is 134 cm³/mol. The molecule has 4 aromatic rings. The van der Waals surface area contributed by atoms with Crippen LogP contribution in [0.2, 0.25) is 0 Å². The lowest BCUT2D eigenvalue weighted by molar-refractivity contribution is 0.122. The minimum absolute atomic E-state index is 0.552. The SMILES string of the molecule is c1nc2ccc(-n3ccc(NC4CCCCC4)c3-c3ccc(N4CCOCC4)cc3)cc2[nH]1. The molecule has 6 rings (SSSR count). The number of ether oxygens (including phenoxy) is 1. The molecule has 33 heavy (non-hydrogen) atoms. The van der Waals surface area contributed by atoms with Gasteiger partial charge in [0, 0.05) is 42.3 Å². The zero-order valence-corrected chi connectivity index (χ0v) is 19.0. The standard InChI is InChI=1S/C27H31N5O/c1-2-4-21(5-3-1)30-25-12-13-32(23-10-11-24-26(18-23)29-19-28-24)27(25)20-6-8-22(9-7-20)31-14-16-33-17-15-31/h6-13,18-19,21,30H,1-5,14-17H2,(H,28,29). The highest BCUT2D eigenvalue weighted by atomic mass is 16.5. The van der Waals surface area contributed by atoms with Crippen molar-refractivity contribution < 1.29 is 4.74 Å². The van der Waals surface area contributed by atoms with Gasteiger partial charge in [0.05, 0.1) is 42.0 Å². The van der Waals surface area contributed by atoms with Crippen molar-refractivity contribution in [2.45, 2.75) is 38.1 Å². The number of fused-ring (bicyclic) bond motifs is 1. The molecule has 2 aromatic heterocycles. The van der Waals surface area contributed by atoms with E-state index in [0.717, 1.165) is 43.0 Å². The van der Waals surface area contributed by atoms with Gasteiger partial charge < -0.3 is 24.5 Å². The third-order valence-electron chi connectivity index (χ3n) is 7.05. The molecule has 2 fully saturated rings. The summed E-state index contributed by atoms with van der Waals surface area (Å²) in [5.41, 5.74) is 8.09. The lowest BCUT2D eigenvalue weighted by Crippen LogP contribution is -2.36. The molecule has 6 nitrogen and oxygen atoms in total. The van der Waals surface area contributed by atoms with Gasteiger partial charge in [-0.05, 0) is 49.2 Å². The van der Waals surface area contributed by atoms with Crippen molar-refractivity contribution in [2.24, 2.45) is 0 Å². The number of nitrogens with one attached hydrogen (secondary N) is 2. The zero-order chi connectivity index (χ0) is 22.0. The Morgan fingerprint density at radius 2 is 1.70 bits per heavy atom. The van der Waals surface area contributed by atoms with Crippen LogP contribution in [0.15, 0.2) is 61.1 Å². The minimum atomic E-state index is 0.552. The second kappa shape index (κ2) is 8.94. The maximum absolute atomic E-state index is 5.52. The van der Waals surface area contributed by atoms with E-state index in [4.69, 9.17) is 4.74 Å². The summed E-state index contributed by atoms with van der Waals surface area (Å²) in [5.74, 6) is 0. The van der Waals surface area contributed by atoms with Gasteiger partial charge in [0.1, 0.15) is 0 Å². The van der Waals surface area contributed by atoms with Gasteiger partial charge in [-0.25, -0.2) is 4.98 Å². The summed E-state index contributed by atoms with van der Waals surface area (Å²) in [6, 6.07) is 18.2. The number of aromatic amines is 1. The van der Waals surface area contributed by atoms with E-state index in [2.05, 4.69) is 79.5 Å². The van der Waals surface area contributed by atoms with E-state index in [1.807, 2.05) is 0 Å². The Bertz CT molecular complexity index is 1210. The zero-order valence-electron chi connectivity index (χ0n) is 19.0. The number of H-pyrrole nitrogens is 1. The van der Waals surface area contributed by atoms with Crippen LogP contribution in [0.1, 0.15) is 32.1 Å². The Morgan fingerprint density at radius 1 is 0.909 bits per heavy atom. The quantitative estimate of drug-likeness (QED) is 0.423. The average molecular weight is 442 g/mol. The molecule has 2 aliphatic rings. The van der Waals surface area contributed by atoms with E-state index in [1.165, 1.54) is 54.7 Å². The van der Waals surface area contributed by atoms with Crippen molar-refractivity contribution in [3.8, 4) is 16.9 Å². The molecule has 0 atom stereocenters. The second-order valence-electron chi connectivity index (χ2n) is 9.18. The molecule has 0 radical (unpaired) electrons. The lowest BCUT2D eigenvalue weighted by atomic mass is 9.95. The molecule has 3 heterocycles. The molecule has 1 aliphatic carbocycles. The molecule has 170 valence electrons. The molecule has 2 aromatic carbocycles. The first kappa shape index (κ1) is 20.4. The van der Waals surface area contributed by atoms with Crippen LogP contribution in [0, 0.1) is 0 Å². The van der Waals surface area contributed by atoms with Crippen molar-refractivity contribution in [3.05, 3.63) is 61.1 Å². The number of rotatable bonds is 5. The molecule has 6 heteroatoms. The first-order valence-electron chi connectivity index (χ1n) is 12.2. The summed E-state index contributed by atoms with van der Waals surface area (Å²) in [6.07, 6.45) is 10.4. The summed E-state index contributed by atoms with van der Waals surface area (Å²) < 4.78 is 7.82. The molecular weight excluding hydrogens is 410 g/mol. The first-order valence-corrected chi connectivity index (χ1v) is 12.2. The Labute approximate surface area is 194 Å². The van der Waals surface area contributed by atoms with Crippen LogP contribution in [0.3, 0.4) is 0 Å². The van der Waals surface area contributed by atoms with E-state index in [-0.39, 0.29) is 0 Å². The molecule has 1 saturated heterocycles. The number of anilines is 2. The van der Waals surface area contributed by atoms with Crippen LogP contribution in [0.25, 0.3) is 28.0 Å². The summed E-state index contributed by atoms with van der Waals surface area (Å²) in [6.45, 7) is 3.51. The van der Waals surface area contributed by atoms with Gasteiger partial charge in [-0.3, -0.25) is 0 Å². The summed E-state index contributed by atoms with van der Waals surface area (Å²) in [5, 5.41) is 3.88. The first-order chi connectivity index (χ1) is 16.3. The van der Waals surface area contributed by atoms with Crippen molar-refractivity contribution in [1.29, 1.82) is 0 Å². The van der Waals surface area contributed by atoms with Crippen LogP contribution in [0.4, 0.5) is 11.4 Å². The number of nitrogens with zero attached hydrogens (tertiary/aromatic N) is 3. The van der Waals surface area contributed by atoms with Crippen molar-refractivity contribution in [2.75, 3.05) is 36.5 Å². The summed E-state index contributed by atoms with van der Waals surface area (Å²) in [7, 11) is 0. The third-order valence-corrected chi connectivity index (χ3v) is 7.05. The molecule has 0 amide bonds. The highest BCUT2D eigenvalue weighted by Gasteiger charge is 2.19. The van der Waals surface area contributed by atoms with E-state index in [9.17, 15) is 0 Å². The van der Waals surface area contributed by atoms with Gasteiger partial charge in [0.2, 0.25) is 0 Å². The summed E-state index contributed by atoms with van der Waals surface area (Å²) in [4.78, 5) is 10.0. The molecule has 1 saturated carbocycles. The Kier molecular flexibility index (Phi) is 5.52. The highest BCUT2D eigenvalue weighted by Crippen LogP contribution is 2.35. The fourth-order valence-electron chi connectivity index (χ4n) is 5.25. The maximum atomic E-state index is 5.52. The predicted octanol–water partition coefficient (Wildman–Crippen LogP) is 5.60. The van der Waals surface area contributed by atoms with E-state index < -0.39 is 0 Å². The Balaban J connectivity index is 1.38. The second-order valence-corrected chi connectivity index (χ2v) is 9.18. The van der Waals surface area contributed by atoms with Gasteiger partial charge in [-0.2, -0.15) is 0 Å². The van der Waals surface area contributed by atoms with Crippen molar-refractivity contribution in [1.82, 2.24) is 14.5 Å². The number of morpholine rings is 1. The number of imidazole rings is 1. The number of aromatic nitrogens is 3. The molecule has 0 spiro atoms. The van der Waals surface area contributed by atoms with Crippen molar-refractivity contribution in [3.63, 3.8) is 0 Å². The van der Waals surface area contributed by atoms with E-state index in [1.54, 1.807) is 6.33 Å². The highest BCUT2D eigenvalue weighted by molar-refractivity contribution is 5.81. The third kappa shape index (κ3) is 4.11. The molecule has 0 bridgehead atoms. The van der Waals surface area contributed by atoms with Crippen LogP contribution in [-0.4, -0.2) is 46.9 Å². The molecule has 1 aliphatic heterocycles. The lowest BCUT2D eigenvalue weighted by Gasteiger charge is -2.29. The monoisotopic (exact) mass is 441 g/mol. The normalized spacial score (nSPS) is 17.5. The van der Waals surface area contributed by atoms with Gasteiger partial charge >= 0.3 is 0 Å². The van der Waals surface area contributed by atoms with Crippen LogP contribution < -0.4 is 10.2 Å². The van der Waals surface area contributed by atoms with Crippen LogP contribution in [-0.2, 0) is 4.74 Å². The fraction of sp³-hybridized carbons (Fsp3) is 0.370. The van der Waals surface area contributed by atoms with Crippen molar-refractivity contribution >= 4 is 22.4 Å². The van der Waals surface area contributed by atoms with E-state index >= 15 is 0 Å². The van der Waals surface area contributed by atoms with Crippen LogP contribution >= 0.6 is 0 Å². The average Bonchev–Trinajstić information content (AvgIpc) is 3.52. The van der Waals surface area contributed by atoms with Crippen LogP contribution in [0.5, 0.6) is 0 Å². The maximum Gasteiger partial charge on any atom is 0.0931 e. The molecule has 0 unspecified atom stereocenters. The number of benzene rings is 2. The minimum Gasteiger partial charge on any atom is -0.381 e. The molecular formula is C27H31N5O. The molecule has 2 N–H and O–H groups in total. The van der Waals surface area contributed by atoms with Gasteiger partial charge in [0.15, 0.2) is 0 Å². The number of hydrogen-bond acceptors (Lipinski definition) is 4. The fourth-order valence-corrected chi connectivity index (χ4v) is 5.25. The Hall–Kier alpha value is -3.25. The smallest absolute Gasteiger partial charge is 0.0931 e. The largest absolute Gasteiger partial charge is 0.381 e. The summed E-state index contributed by atoms with van der Waals surface area (Å²) >= 11 is 0. The topological polar surface area (TPSA) is 58.1 Å². The Morgan fingerprint density at radius 3 is 2.52 bits per heavy atom. The van der Waals surface area contributed by atoms with Gasteiger partial charge in [-0.15, -0.1) is 0 Å².